The fourth-order valence-electron chi connectivity index (χ4n) is 5.06. The van der Waals surface area contributed by atoms with Crippen LogP contribution >= 0.6 is 0 Å². The van der Waals surface area contributed by atoms with Crippen LogP contribution in [0.4, 0.5) is 5.69 Å². The van der Waals surface area contributed by atoms with Crippen molar-refractivity contribution in [2.45, 2.75) is 57.2 Å². The van der Waals surface area contributed by atoms with E-state index in [1.54, 1.807) is 0 Å². The molecule has 3 aromatic carbocycles. The van der Waals surface area contributed by atoms with Crippen LogP contribution in [0.2, 0.25) is 6.32 Å². The molecule has 5 rings (SSSR count). The van der Waals surface area contributed by atoms with Gasteiger partial charge < -0.3 is 14.2 Å². The van der Waals surface area contributed by atoms with Crippen molar-refractivity contribution in [3.63, 3.8) is 0 Å². The minimum absolute atomic E-state index is 0.0634. The lowest BCUT2D eigenvalue weighted by Crippen LogP contribution is -2.44. The summed E-state index contributed by atoms with van der Waals surface area (Å²) in [6.45, 7) is 8.72. The molecule has 0 aromatic heterocycles. The van der Waals surface area contributed by atoms with E-state index in [2.05, 4.69) is 18.2 Å². The Morgan fingerprint density at radius 3 is 1.94 bits per heavy atom. The molecule has 5 heteroatoms. The number of rotatable bonds is 5. The first-order valence-corrected chi connectivity index (χ1v) is 11.6. The molecule has 2 aliphatic rings. The Labute approximate surface area is 196 Å². The van der Waals surface area contributed by atoms with E-state index in [9.17, 15) is 4.79 Å². The minimum atomic E-state index is -0.881. The molecule has 1 amide bonds. The van der Waals surface area contributed by atoms with Gasteiger partial charge in [0.2, 0.25) is 5.91 Å². The zero-order chi connectivity index (χ0) is 23.3. The van der Waals surface area contributed by atoms with E-state index in [1.165, 1.54) is 0 Å². The third-order valence-electron chi connectivity index (χ3n) is 7.49. The van der Waals surface area contributed by atoms with E-state index in [4.69, 9.17) is 9.31 Å². The highest BCUT2D eigenvalue weighted by atomic mass is 16.7. The summed E-state index contributed by atoms with van der Waals surface area (Å²) in [6.07, 6.45) is 0.422. The summed E-state index contributed by atoms with van der Waals surface area (Å²) >= 11 is 0. The molecule has 0 aliphatic carbocycles. The molecule has 33 heavy (non-hydrogen) atoms. The second-order valence-electron chi connectivity index (χ2n) is 10.1. The van der Waals surface area contributed by atoms with Crippen LogP contribution in [-0.4, -0.2) is 24.2 Å². The molecule has 0 N–H and O–H groups in total. The molecule has 3 aromatic rings. The molecule has 0 radical (unpaired) electrons. The van der Waals surface area contributed by atoms with Gasteiger partial charge in [-0.2, -0.15) is 0 Å². The predicted molar refractivity (Wildman–Crippen MR) is 132 cm³/mol. The van der Waals surface area contributed by atoms with Crippen molar-refractivity contribution >= 4 is 18.7 Å². The Morgan fingerprint density at radius 1 is 0.758 bits per heavy atom. The molecule has 2 aliphatic heterocycles. The normalized spacial score (nSPS) is 23.1. The van der Waals surface area contributed by atoms with Gasteiger partial charge in [-0.3, -0.25) is 4.79 Å². The molecule has 1 unspecified atom stereocenters. The van der Waals surface area contributed by atoms with E-state index in [1.807, 2.05) is 99.3 Å². The first kappa shape index (κ1) is 21.9. The Bertz CT molecular complexity index is 1150. The van der Waals surface area contributed by atoms with Crippen molar-refractivity contribution in [2.24, 2.45) is 0 Å². The van der Waals surface area contributed by atoms with Gasteiger partial charge in [0.15, 0.2) is 0 Å². The molecule has 0 bridgehead atoms. The number of hydrogen-bond donors (Lipinski definition) is 0. The Hall–Kier alpha value is -2.89. The topological polar surface area (TPSA) is 38.8 Å². The van der Waals surface area contributed by atoms with E-state index >= 15 is 0 Å². The standard InChI is InChI=1S/C28H30BNO3/c1-26(2)27(3,4)33-29(32-26)20-28(22-15-9-6-10-16-22)23-17-11-12-18-24(23)30(25(28)31)19-21-13-7-5-8-14-21/h5-18H,19-20H2,1-4H3. The third-order valence-corrected chi connectivity index (χ3v) is 7.49. The number of carbonyl (C=O) groups is 1. The molecule has 1 fully saturated rings. The highest BCUT2D eigenvalue weighted by Crippen LogP contribution is 2.51. The van der Waals surface area contributed by atoms with Crippen molar-refractivity contribution in [1.29, 1.82) is 0 Å². The molecule has 4 nitrogen and oxygen atoms in total. The fourth-order valence-corrected chi connectivity index (χ4v) is 5.06. The molecule has 1 atom stereocenters. The molecular formula is C28H30BNO3. The van der Waals surface area contributed by atoms with E-state index in [-0.39, 0.29) is 5.91 Å². The van der Waals surface area contributed by atoms with Gasteiger partial charge in [-0.05, 0) is 50.5 Å². The molecule has 0 saturated carbocycles. The number of nitrogens with zero attached hydrogens (tertiary/aromatic N) is 1. The predicted octanol–water partition coefficient (Wildman–Crippen LogP) is 5.61. The van der Waals surface area contributed by atoms with Crippen molar-refractivity contribution in [3.05, 3.63) is 102 Å². The number of carbonyl (C=O) groups excluding carboxylic acids is 1. The third kappa shape index (κ3) is 3.51. The number of benzene rings is 3. The maximum Gasteiger partial charge on any atom is 0.459 e. The van der Waals surface area contributed by atoms with Crippen LogP contribution in [0.1, 0.15) is 44.4 Å². The maximum atomic E-state index is 14.4. The van der Waals surface area contributed by atoms with Gasteiger partial charge in [-0.15, -0.1) is 0 Å². The lowest BCUT2D eigenvalue weighted by Gasteiger charge is -2.32. The zero-order valence-electron chi connectivity index (χ0n) is 19.7. The zero-order valence-corrected chi connectivity index (χ0v) is 19.7. The number of amides is 1. The van der Waals surface area contributed by atoms with Crippen LogP contribution < -0.4 is 4.90 Å². The summed E-state index contributed by atoms with van der Waals surface area (Å²) in [7, 11) is -0.496. The number of anilines is 1. The Morgan fingerprint density at radius 2 is 1.30 bits per heavy atom. The van der Waals surface area contributed by atoms with Crippen LogP contribution in [0.3, 0.4) is 0 Å². The van der Waals surface area contributed by atoms with Crippen molar-refractivity contribution in [2.75, 3.05) is 4.90 Å². The first-order chi connectivity index (χ1) is 15.7. The van der Waals surface area contributed by atoms with Crippen LogP contribution in [0.15, 0.2) is 84.9 Å². The van der Waals surface area contributed by atoms with Crippen molar-refractivity contribution in [3.8, 4) is 0 Å². The SMILES string of the molecule is CC1(C)OB(CC2(c3ccccc3)C(=O)N(Cc3ccccc3)c3ccccc32)OC1(C)C. The van der Waals surface area contributed by atoms with Gasteiger partial charge >= 0.3 is 7.12 Å². The van der Waals surface area contributed by atoms with Gasteiger partial charge in [-0.25, -0.2) is 0 Å². The van der Waals surface area contributed by atoms with Crippen LogP contribution in [-0.2, 0) is 26.1 Å². The van der Waals surface area contributed by atoms with E-state index in [0.29, 0.717) is 12.9 Å². The lowest BCUT2D eigenvalue weighted by atomic mass is 9.61. The van der Waals surface area contributed by atoms with Gasteiger partial charge in [0.25, 0.3) is 0 Å². The second kappa shape index (κ2) is 7.86. The Balaban J connectivity index is 1.62. The fraction of sp³-hybridized carbons (Fsp3) is 0.321. The second-order valence-corrected chi connectivity index (χ2v) is 10.1. The average molecular weight is 439 g/mol. The number of hydrogen-bond acceptors (Lipinski definition) is 3. The number of fused-ring (bicyclic) bond motifs is 1. The van der Waals surface area contributed by atoms with Crippen LogP contribution in [0, 0.1) is 0 Å². The Kier molecular flexibility index (Phi) is 5.22. The quantitative estimate of drug-likeness (QED) is 0.485. The molecule has 1 saturated heterocycles. The maximum absolute atomic E-state index is 14.4. The van der Waals surface area contributed by atoms with Gasteiger partial charge in [-0.1, -0.05) is 78.9 Å². The summed E-state index contributed by atoms with van der Waals surface area (Å²) in [6, 6.07) is 28.4. The summed E-state index contributed by atoms with van der Waals surface area (Å²) in [5, 5.41) is 0. The summed E-state index contributed by atoms with van der Waals surface area (Å²) in [4.78, 5) is 16.3. The van der Waals surface area contributed by atoms with Crippen LogP contribution in [0.5, 0.6) is 0 Å². The largest absolute Gasteiger partial charge is 0.459 e. The summed E-state index contributed by atoms with van der Waals surface area (Å²) in [5.74, 6) is 0.0634. The van der Waals surface area contributed by atoms with Gasteiger partial charge in [0, 0.05) is 12.0 Å². The molecular weight excluding hydrogens is 409 g/mol. The summed E-state index contributed by atoms with van der Waals surface area (Å²) < 4.78 is 12.8. The van der Waals surface area contributed by atoms with E-state index in [0.717, 1.165) is 22.4 Å². The summed E-state index contributed by atoms with van der Waals surface area (Å²) in [5.41, 5.74) is 2.22. The highest BCUT2D eigenvalue weighted by Gasteiger charge is 2.59. The van der Waals surface area contributed by atoms with E-state index < -0.39 is 23.7 Å². The molecule has 2 heterocycles. The smallest absolute Gasteiger partial charge is 0.403 e. The first-order valence-electron chi connectivity index (χ1n) is 11.6. The average Bonchev–Trinajstić information content (AvgIpc) is 3.16. The van der Waals surface area contributed by atoms with Gasteiger partial charge in [0.05, 0.1) is 17.7 Å². The van der Waals surface area contributed by atoms with Crippen LogP contribution in [0.25, 0.3) is 0 Å². The number of para-hydroxylation sites is 1. The van der Waals surface area contributed by atoms with Crippen molar-refractivity contribution < 1.29 is 14.1 Å². The van der Waals surface area contributed by atoms with Gasteiger partial charge in [0.1, 0.15) is 5.41 Å². The molecule has 0 spiro atoms. The van der Waals surface area contributed by atoms with Crippen molar-refractivity contribution in [1.82, 2.24) is 0 Å². The minimum Gasteiger partial charge on any atom is -0.403 e. The lowest BCUT2D eigenvalue weighted by molar-refractivity contribution is -0.121. The highest BCUT2D eigenvalue weighted by molar-refractivity contribution is 6.47. The molecule has 168 valence electrons. The monoisotopic (exact) mass is 439 g/mol.